The Morgan fingerprint density at radius 1 is 0.947 bits per heavy atom. The Labute approximate surface area is 114 Å². The molecule has 0 amide bonds. The third-order valence-corrected chi connectivity index (χ3v) is 2.91. The van der Waals surface area contributed by atoms with Gasteiger partial charge in [0.25, 0.3) is 0 Å². The molecule has 0 heterocycles. The molecule has 0 aliphatic rings. The Balaban J connectivity index is 2.04. The lowest BCUT2D eigenvalue weighted by atomic mass is 10.2. The van der Waals surface area contributed by atoms with Gasteiger partial charge < -0.3 is 14.7 Å². The smallest absolute Gasteiger partial charge is 0.127 e. The monoisotopic (exact) mass is 257 g/mol. The molecule has 0 unspecified atom stereocenters. The van der Waals surface area contributed by atoms with Gasteiger partial charge >= 0.3 is 0 Å². The fourth-order valence-corrected chi connectivity index (χ4v) is 1.88. The number of benzene rings is 2. The van der Waals surface area contributed by atoms with E-state index >= 15 is 0 Å². The van der Waals surface area contributed by atoms with Crippen LogP contribution < -0.4 is 9.64 Å². The Bertz CT molecular complexity index is 505. The zero-order chi connectivity index (χ0) is 13.7. The van der Waals surface area contributed by atoms with Crippen LogP contribution in [0.4, 0.5) is 5.69 Å². The number of rotatable bonds is 5. The fourth-order valence-electron chi connectivity index (χ4n) is 1.88. The molecule has 0 radical (unpaired) electrons. The summed E-state index contributed by atoms with van der Waals surface area (Å²) in [5.74, 6) is 1.75. The van der Waals surface area contributed by atoms with Gasteiger partial charge in [-0.15, -0.1) is 0 Å². The van der Waals surface area contributed by atoms with Crippen LogP contribution in [-0.4, -0.2) is 18.7 Å². The van der Waals surface area contributed by atoms with E-state index < -0.39 is 0 Å². The van der Waals surface area contributed by atoms with Crippen molar-refractivity contribution in [3.8, 4) is 17.2 Å². The number of ether oxygens (including phenoxy) is 1. The second kappa shape index (κ2) is 6.14. The predicted molar refractivity (Wildman–Crippen MR) is 78.2 cm³/mol. The zero-order valence-electron chi connectivity index (χ0n) is 11.3. The van der Waals surface area contributed by atoms with E-state index in [9.17, 15) is 5.11 Å². The second-order valence-electron chi connectivity index (χ2n) is 4.51. The van der Waals surface area contributed by atoms with Crippen molar-refractivity contribution in [2.75, 3.05) is 18.5 Å². The third kappa shape index (κ3) is 3.65. The van der Waals surface area contributed by atoms with Gasteiger partial charge in [-0.3, -0.25) is 0 Å². The van der Waals surface area contributed by atoms with Crippen LogP contribution in [0.5, 0.6) is 17.2 Å². The molecule has 2 aromatic carbocycles. The van der Waals surface area contributed by atoms with Gasteiger partial charge in [-0.2, -0.15) is 0 Å². The van der Waals surface area contributed by atoms with Gasteiger partial charge in [0.2, 0.25) is 0 Å². The van der Waals surface area contributed by atoms with Crippen LogP contribution in [-0.2, 0) is 0 Å². The Morgan fingerprint density at radius 2 is 1.47 bits per heavy atom. The van der Waals surface area contributed by atoms with Crippen molar-refractivity contribution in [3.63, 3.8) is 0 Å². The van der Waals surface area contributed by atoms with E-state index in [2.05, 4.69) is 18.9 Å². The van der Waals surface area contributed by atoms with Gasteiger partial charge in [-0.25, -0.2) is 0 Å². The average molecular weight is 257 g/mol. The quantitative estimate of drug-likeness (QED) is 0.877. The van der Waals surface area contributed by atoms with Crippen molar-refractivity contribution in [1.29, 1.82) is 0 Å². The first kappa shape index (κ1) is 13.3. The lowest BCUT2D eigenvalue weighted by Crippen LogP contribution is -2.17. The molecule has 0 saturated carbocycles. The fraction of sp³-hybridized carbons (Fsp3) is 0.250. The van der Waals surface area contributed by atoms with E-state index in [4.69, 9.17) is 4.74 Å². The molecule has 3 nitrogen and oxygen atoms in total. The van der Waals surface area contributed by atoms with Crippen LogP contribution in [0.2, 0.25) is 0 Å². The minimum absolute atomic E-state index is 0.240. The SMILES string of the molecule is CCCN(C)c1ccc(Oc2ccc(O)cc2)cc1. The normalized spacial score (nSPS) is 10.2. The largest absolute Gasteiger partial charge is 0.508 e. The lowest BCUT2D eigenvalue weighted by Gasteiger charge is -2.18. The highest BCUT2D eigenvalue weighted by Crippen LogP contribution is 2.25. The molecule has 0 atom stereocenters. The van der Waals surface area contributed by atoms with Gasteiger partial charge in [-0.1, -0.05) is 6.92 Å². The van der Waals surface area contributed by atoms with E-state index in [1.807, 2.05) is 24.3 Å². The number of aromatic hydroxyl groups is 1. The number of phenolic OH excluding ortho intramolecular Hbond substituents is 1. The molecule has 100 valence electrons. The molecule has 0 aliphatic carbocycles. The minimum Gasteiger partial charge on any atom is -0.508 e. The van der Waals surface area contributed by atoms with Gasteiger partial charge in [0, 0.05) is 19.3 Å². The second-order valence-corrected chi connectivity index (χ2v) is 4.51. The van der Waals surface area contributed by atoms with Crippen LogP contribution in [0.1, 0.15) is 13.3 Å². The van der Waals surface area contributed by atoms with Crippen LogP contribution in [0.3, 0.4) is 0 Å². The molecular weight excluding hydrogens is 238 g/mol. The van der Waals surface area contributed by atoms with Crippen LogP contribution in [0, 0.1) is 0 Å². The molecule has 1 N–H and O–H groups in total. The maximum atomic E-state index is 9.21. The van der Waals surface area contributed by atoms with Crippen molar-refractivity contribution in [2.45, 2.75) is 13.3 Å². The molecule has 0 fully saturated rings. The summed E-state index contributed by atoms with van der Waals surface area (Å²) in [6, 6.07) is 14.7. The first-order valence-electron chi connectivity index (χ1n) is 6.47. The molecule has 0 aliphatic heterocycles. The Hall–Kier alpha value is -2.16. The van der Waals surface area contributed by atoms with Crippen molar-refractivity contribution < 1.29 is 9.84 Å². The van der Waals surface area contributed by atoms with Gasteiger partial charge in [0.1, 0.15) is 17.2 Å². The van der Waals surface area contributed by atoms with Crippen molar-refractivity contribution in [3.05, 3.63) is 48.5 Å². The minimum atomic E-state index is 0.240. The number of hydrogen-bond acceptors (Lipinski definition) is 3. The highest BCUT2D eigenvalue weighted by Gasteiger charge is 2.01. The van der Waals surface area contributed by atoms with Crippen LogP contribution in [0.15, 0.2) is 48.5 Å². The maximum absolute atomic E-state index is 9.21. The van der Waals surface area contributed by atoms with Crippen molar-refractivity contribution >= 4 is 5.69 Å². The number of phenols is 1. The molecular formula is C16H19NO2. The molecule has 0 bridgehead atoms. The molecule has 2 aromatic rings. The molecule has 0 aromatic heterocycles. The summed E-state index contributed by atoms with van der Waals surface area (Å²) in [4.78, 5) is 2.21. The molecule has 19 heavy (non-hydrogen) atoms. The van der Waals surface area contributed by atoms with E-state index in [1.165, 1.54) is 5.69 Å². The summed E-state index contributed by atoms with van der Waals surface area (Å²) in [5, 5.41) is 9.21. The highest BCUT2D eigenvalue weighted by atomic mass is 16.5. The zero-order valence-corrected chi connectivity index (χ0v) is 11.3. The first-order valence-corrected chi connectivity index (χ1v) is 6.47. The molecule has 3 heteroatoms. The van der Waals surface area contributed by atoms with E-state index in [1.54, 1.807) is 24.3 Å². The summed E-state index contributed by atoms with van der Waals surface area (Å²) >= 11 is 0. The maximum Gasteiger partial charge on any atom is 0.127 e. The third-order valence-electron chi connectivity index (χ3n) is 2.91. The molecule has 0 spiro atoms. The molecule has 0 saturated heterocycles. The van der Waals surface area contributed by atoms with Crippen molar-refractivity contribution in [2.24, 2.45) is 0 Å². The summed E-state index contributed by atoms with van der Waals surface area (Å²) in [5.41, 5.74) is 1.18. The summed E-state index contributed by atoms with van der Waals surface area (Å²) < 4.78 is 5.70. The number of nitrogens with zero attached hydrogens (tertiary/aromatic N) is 1. The standard InChI is InChI=1S/C16H19NO2/c1-3-12-17(2)13-4-8-15(9-5-13)19-16-10-6-14(18)7-11-16/h4-11,18H,3,12H2,1-2H3. The average Bonchev–Trinajstić information content (AvgIpc) is 2.42. The number of anilines is 1. The first-order chi connectivity index (χ1) is 9.19. The van der Waals surface area contributed by atoms with Gasteiger partial charge in [0.15, 0.2) is 0 Å². The Kier molecular flexibility index (Phi) is 4.29. The predicted octanol–water partition coefficient (Wildman–Crippen LogP) is 4.03. The summed E-state index contributed by atoms with van der Waals surface area (Å²) in [7, 11) is 2.08. The number of hydrogen-bond donors (Lipinski definition) is 1. The highest BCUT2D eigenvalue weighted by molar-refractivity contribution is 5.49. The van der Waals surface area contributed by atoms with E-state index in [0.717, 1.165) is 18.7 Å². The summed E-state index contributed by atoms with van der Waals surface area (Å²) in [6.07, 6.45) is 1.13. The van der Waals surface area contributed by atoms with E-state index in [0.29, 0.717) is 5.75 Å². The van der Waals surface area contributed by atoms with Gasteiger partial charge in [0.05, 0.1) is 0 Å². The van der Waals surface area contributed by atoms with Crippen LogP contribution in [0.25, 0.3) is 0 Å². The van der Waals surface area contributed by atoms with Crippen molar-refractivity contribution in [1.82, 2.24) is 0 Å². The van der Waals surface area contributed by atoms with Crippen LogP contribution >= 0.6 is 0 Å². The summed E-state index contributed by atoms with van der Waals surface area (Å²) in [6.45, 7) is 3.21. The lowest BCUT2D eigenvalue weighted by molar-refractivity contribution is 0.464. The Morgan fingerprint density at radius 3 is 2.00 bits per heavy atom. The topological polar surface area (TPSA) is 32.7 Å². The van der Waals surface area contributed by atoms with E-state index in [-0.39, 0.29) is 5.75 Å². The molecule has 2 rings (SSSR count). The van der Waals surface area contributed by atoms with Gasteiger partial charge in [-0.05, 0) is 55.0 Å².